The highest BCUT2D eigenvalue weighted by atomic mass is 79.9. The Morgan fingerprint density at radius 1 is 1.50 bits per heavy atom. The van der Waals surface area contributed by atoms with Gasteiger partial charge in [0.15, 0.2) is 0 Å². The molecule has 0 aliphatic heterocycles. The molecule has 0 bridgehead atoms. The first kappa shape index (κ1) is 13.1. The van der Waals surface area contributed by atoms with Crippen molar-refractivity contribution in [2.75, 3.05) is 7.11 Å². The van der Waals surface area contributed by atoms with Gasteiger partial charge in [0.1, 0.15) is 0 Å². The minimum atomic E-state index is -2.55. The van der Waals surface area contributed by atoms with Gasteiger partial charge in [-0.3, -0.25) is 4.79 Å². The van der Waals surface area contributed by atoms with Crippen molar-refractivity contribution in [3.63, 3.8) is 0 Å². The molecule has 0 saturated heterocycles. The molecule has 0 atom stereocenters. The van der Waals surface area contributed by atoms with Gasteiger partial charge >= 0.3 is 5.97 Å². The Hall–Kier alpha value is -0.970. The zero-order chi connectivity index (χ0) is 12.1. The van der Waals surface area contributed by atoms with Crippen molar-refractivity contribution >= 4 is 21.9 Å². The standard InChI is InChI=1S/C11H11BrF2O2/c1-16-9(15)6-5-7-3-2-4-8(12)10(7)11(13)14/h2-4,11H,5-6H2,1H3. The molecule has 0 amide bonds. The van der Waals surface area contributed by atoms with Gasteiger partial charge in [-0.05, 0) is 18.1 Å². The molecule has 88 valence electrons. The first-order valence-electron chi connectivity index (χ1n) is 4.68. The number of aryl methyl sites for hydroxylation is 1. The van der Waals surface area contributed by atoms with E-state index in [2.05, 4.69) is 20.7 Å². The van der Waals surface area contributed by atoms with Gasteiger partial charge in [0.25, 0.3) is 6.43 Å². The number of esters is 1. The molecule has 0 unspecified atom stereocenters. The van der Waals surface area contributed by atoms with Gasteiger partial charge in [-0.25, -0.2) is 8.78 Å². The fraction of sp³-hybridized carbons (Fsp3) is 0.364. The molecule has 0 spiro atoms. The van der Waals surface area contributed by atoms with Crippen molar-refractivity contribution in [3.8, 4) is 0 Å². The molecule has 1 aromatic rings. The van der Waals surface area contributed by atoms with Gasteiger partial charge in [-0.15, -0.1) is 0 Å². The molecule has 16 heavy (non-hydrogen) atoms. The highest BCUT2D eigenvalue weighted by Crippen LogP contribution is 2.31. The number of methoxy groups -OCH3 is 1. The monoisotopic (exact) mass is 292 g/mol. The quantitative estimate of drug-likeness (QED) is 0.794. The third kappa shape index (κ3) is 3.27. The number of halogens is 3. The Kier molecular flexibility index (Phi) is 4.86. The zero-order valence-electron chi connectivity index (χ0n) is 8.67. The Bertz CT molecular complexity index is 380. The normalized spacial score (nSPS) is 10.6. The lowest BCUT2D eigenvalue weighted by atomic mass is 10.0. The van der Waals surface area contributed by atoms with E-state index in [-0.39, 0.29) is 18.4 Å². The van der Waals surface area contributed by atoms with Crippen LogP contribution in [0.4, 0.5) is 8.78 Å². The molecule has 0 aromatic heterocycles. The van der Waals surface area contributed by atoms with Crippen molar-refractivity contribution in [3.05, 3.63) is 33.8 Å². The Morgan fingerprint density at radius 2 is 2.19 bits per heavy atom. The third-order valence-corrected chi connectivity index (χ3v) is 2.88. The lowest BCUT2D eigenvalue weighted by molar-refractivity contribution is -0.140. The molecule has 0 fully saturated rings. The summed E-state index contributed by atoms with van der Waals surface area (Å²) in [6.45, 7) is 0. The third-order valence-electron chi connectivity index (χ3n) is 2.19. The van der Waals surface area contributed by atoms with Gasteiger partial charge in [0.2, 0.25) is 0 Å². The van der Waals surface area contributed by atoms with Gasteiger partial charge in [-0.1, -0.05) is 28.1 Å². The van der Waals surface area contributed by atoms with E-state index in [1.165, 1.54) is 7.11 Å². The molecule has 0 aliphatic carbocycles. The summed E-state index contributed by atoms with van der Waals surface area (Å²) in [6, 6.07) is 4.82. The molecule has 0 N–H and O–H groups in total. The van der Waals surface area contributed by atoms with E-state index in [1.54, 1.807) is 18.2 Å². The molecule has 0 heterocycles. The van der Waals surface area contributed by atoms with E-state index in [9.17, 15) is 13.6 Å². The number of benzene rings is 1. The molecule has 2 nitrogen and oxygen atoms in total. The van der Waals surface area contributed by atoms with E-state index in [0.29, 0.717) is 10.0 Å². The Labute approximate surface area is 101 Å². The first-order valence-corrected chi connectivity index (χ1v) is 5.47. The van der Waals surface area contributed by atoms with Crippen LogP contribution < -0.4 is 0 Å². The first-order chi connectivity index (χ1) is 7.56. The topological polar surface area (TPSA) is 26.3 Å². The van der Waals surface area contributed by atoms with Crippen LogP contribution in [0.2, 0.25) is 0 Å². The van der Waals surface area contributed by atoms with Gasteiger partial charge in [0, 0.05) is 16.5 Å². The molecular formula is C11H11BrF2O2. The van der Waals surface area contributed by atoms with Crippen molar-refractivity contribution < 1.29 is 18.3 Å². The highest BCUT2D eigenvalue weighted by molar-refractivity contribution is 9.10. The van der Waals surface area contributed by atoms with Crippen molar-refractivity contribution in [2.45, 2.75) is 19.3 Å². The summed E-state index contributed by atoms with van der Waals surface area (Å²) < 4.78 is 30.3. The minimum Gasteiger partial charge on any atom is -0.469 e. The van der Waals surface area contributed by atoms with Crippen LogP contribution in [-0.2, 0) is 16.0 Å². The maximum absolute atomic E-state index is 12.7. The number of hydrogen-bond donors (Lipinski definition) is 0. The molecule has 0 saturated carbocycles. The summed E-state index contributed by atoms with van der Waals surface area (Å²) in [5.74, 6) is -0.403. The second-order valence-corrected chi connectivity index (χ2v) is 4.04. The zero-order valence-corrected chi connectivity index (χ0v) is 10.3. The van der Waals surface area contributed by atoms with Crippen LogP contribution in [0, 0.1) is 0 Å². The summed E-state index contributed by atoms with van der Waals surface area (Å²) >= 11 is 3.08. The van der Waals surface area contributed by atoms with Crippen LogP contribution in [-0.4, -0.2) is 13.1 Å². The van der Waals surface area contributed by atoms with Crippen LogP contribution in [0.3, 0.4) is 0 Å². The number of rotatable bonds is 4. The molecule has 0 aliphatic rings. The fourth-order valence-electron chi connectivity index (χ4n) is 1.38. The smallest absolute Gasteiger partial charge is 0.305 e. The summed E-state index contributed by atoms with van der Waals surface area (Å²) in [5, 5.41) is 0. The van der Waals surface area contributed by atoms with E-state index >= 15 is 0 Å². The molecule has 0 radical (unpaired) electrons. The van der Waals surface area contributed by atoms with Crippen LogP contribution in [0.5, 0.6) is 0 Å². The average molecular weight is 293 g/mol. The molecule has 1 rings (SSSR count). The fourth-order valence-corrected chi connectivity index (χ4v) is 1.96. The minimum absolute atomic E-state index is 0.0496. The van der Waals surface area contributed by atoms with Crippen LogP contribution in [0.25, 0.3) is 0 Å². The average Bonchev–Trinajstić information content (AvgIpc) is 2.25. The van der Waals surface area contributed by atoms with E-state index in [0.717, 1.165) is 0 Å². The Morgan fingerprint density at radius 3 is 2.75 bits per heavy atom. The van der Waals surface area contributed by atoms with Crippen molar-refractivity contribution in [1.29, 1.82) is 0 Å². The summed E-state index contributed by atoms with van der Waals surface area (Å²) in [4.78, 5) is 10.9. The summed E-state index contributed by atoms with van der Waals surface area (Å²) in [6.07, 6.45) is -2.19. The number of ether oxygens (including phenoxy) is 1. The maximum atomic E-state index is 12.7. The number of hydrogen-bond acceptors (Lipinski definition) is 2. The van der Waals surface area contributed by atoms with Crippen molar-refractivity contribution in [2.24, 2.45) is 0 Å². The summed E-state index contributed by atoms with van der Waals surface area (Å²) in [7, 11) is 1.28. The van der Waals surface area contributed by atoms with Gasteiger partial charge in [-0.2, -0.15) is 0 Å². The van der Waals surface area contributed by atoms with Crippen LogP contribution in [0.1, 0.15) is 24.0 Å². The second kappa shape index (κ2) is 5.94. The number of carbonyl (C=O) groups excluding carboxylic acids is 1. The molecule has 1 aromatic carbocycles. The molecular weight excluding hydrogens is 282 g/mol. The molecule has 5 heteroatoms. The number of alkyl halides is 2. The lowest BCUT2D eigenvalue weighted by Crippen LogP contribution is -2.04. The predicted octanol–water partition coefficient (Wildman–Crippen LogP) is 3.49. The second-order valence-electron chi connectivity index (χ2n) is 3.19. The number of carbonyl (C=O) groups is 1. The highest BCUT2D eigenvalue weighted by Gasteiger charge is 2.16. The lowest BCUT2D eigenvalue weighted by Gasteiger charge is -2.10. The maximum Gasteiger partial charge on any atom is 0.305 e. The van der Waals surface area contributed by atoms with Crippen molar-refractivity contribution in [1.82, 2.24) is 0 Å². The van der Waals surface area contributed by atoms with E-state index in [4.69, 9.17) is 0 Å². The van der Waals surface area contributed by atoms with Crippen LogP contribution >= 0.6 is 15.9 Å². The van der Waals surface area contributed by atoms with E-state index < -0.39 is 12.4 Å². The predicted molar refractivity (Wildman–Crippen MR) is 59.4 cm³/mol. The van der Waals surface area contributed by atoms with Gasteiger partial charge < -0.3 is 4.74 Å². The van der Waals surface area contributed by atoms with Crippen LogP contribution in [0.15, 0.2) is 22.7 Å². The van der Waals surface area contributed by atoms with Gasteiger partial charge in [0.05, 0.1) is 7.11 Å². The Balaban J connectivity index is 2.87. The SMILES string of the molecule is COC(=O)CCc1cccc(Br)c1C(F)F. The largest absolute Gasteiger partial charge is 0.469 e. The summed E-state index contributed by atoms with van der Waals surface area (Å²) in [5.41, 5.74) is 0.418. The van der Waals surface area contributed by atoms with E-state index in [1.807, 2.05) is 0 Å².